The van der Waals surface area contributed by atoms with Crippen LogP contribution in [-0.4, -0.2) is 66.7 Å². The number of carbonyl (C=O) groups excluding carboxylic acids is 1. The Hall–Kier alpha value is -3.40. The quantitative estimate of drug-likeness (QED) is 0.329. The molecule has 0 unspecified atom stereocenters. The van der Waals surface area contributed by atoms with Gasteiger partial charge in [-0.2, -0.15) is 4.31 Å². The molecule has 1 aliphatic rings. The third-order valence-electron chi connectivity index (χ3n) is 6.37. The molecule has 2 heterocycles. The van der Waals surface area contributed by atoms with E-state index in [4.69, 9.17) is 11.6 Å². The van der Waals surface area contributed by atoms with Crippen molar-refractivity contribution in [3.63, 3.8) is 0 Å². The first-order valence-corrected chi connectivity index (χ1v) is 15.3. The number of aromatic carboxylic acids is 1. The summed E-state index contributed by atoms with van der Waals surface area (Å²) in [6.45, 7) is 1.84. The van der Waals surface area contributed by atoms with E-state index >= 15 is 0 Å². The van der Waals surface area contributed by atoms with Crippen molar-refractivity contribution >= 4 is 50.0 Å². The van der Waals surface area contributed by atoms with Gasteiger partial charge in [0.25, 0.3) is 0 Å². The first-order valence-electron chi connectivity index (χ1n) is 12.7. The van der Waals surface area contributed by atoms with Crippen molar-refractivity contribution in [1.82, 2.24) is 14.6 Å². The van der Waals surface area contributed by atoms with Crippen molar-refractivity contribution in [2.75, 3.05) is 24.5 Å². The molecule has 0 radical (unpaired) electrons. The number of hydrogen-bond donors (Lipinski definition) is 2. The SMILES string of the molecule is CCCc1ccc(CNC(=O)[C@H]2CN(c3nc(Cl)c(C(=O)O)s3)CCN2S(=O)(=O)c2ccc(OC(F)(F)F)cc2)cc1. The Morgan fingerprint density at radius 1 is 1.12 bits per heavy atom. The van der Waals surface area contributed by atoms with E-state index in [1.807, 2.05) is 24.3 Å². The first kappa shape index (κ1) is 31.5. The van der Waals surface area contributed by atoms with Crippen molar-refractivity contribution in [3.05, 3.63) is 69.7 Å². The molecule has 0 aliphatic carbocycles. The number of nitrogens with zero attached hydrogens (tertiary/aromatic N) is 3. The number of carboxylic acid groups (broad SMARTS) is 1. The number of amides is 1. The van der Waals surface area contributed by atoms with Crippen LogP contribution in [0, 0.1) is 0 Å². The molecule has 2 aromatic carbocycles. The average Bonchev–Trinajstić information content (AvgIpc) is 3.33. The number of sulfonamides is 1. The molecule has 2 N–H and O–H groups in total. The Morgan fingerprint density at radius 3 is 2.33 bits per heavy atom. The summed E-state index contributed by atoms with van der Waals surface area (Å²) >= 11 is 6.76. The molecule has 1 aliphatic heterocycles. The van der Waals surface area contributed by atoms with Gasteiger partial charge in [-0.05, 0) is 41.8 Å². The molecule has 10 nitrogen and oxygen atoms in total. The standard InChI is InChI=1S/C26H26ClF3N4O6S2/c1-2-3-16-4-6-17(7-5-16)14-31-23(35)20-15-33(25-32-22(27)21(41-25)24(36)37)12-13-34(20)42(38,39)19-10-8-18(9-11-19)40-26(28,29)30/h4-11,20H,2-3,12-15H2,1H3,(H,31,35)(H,36,37)/t20-/m1/s1. The van der Waals surface area contributed by atoms with Crippen molar-refractivity contribution in [1.29, 1.82) is 0 Å². The number of carboxylic acids is 1. The number of aryl methyl sites for hydroxylation is 1. The molecule has 0 saturated carbocycles. The largest absolute Gasteiger partial charge is 0.573 e. The topological polar surface area (TPSA) is 129 Å². The van der Waals surface area contributed by atoms with Crippen LogP contribution in [0.25, 0.3) is 0 Å². The minimum Gasteiger partial charge on any atom is -0.477 e. The van der Waals surface area contributed by atoms with Crippen LogP contribution < -0.4 is 15.0 Å². The van der Waals surface area contributed by atoms with Gasteiger partial charge in [0.05, 0.1) is 4.90 Å². The Bertz CT molecular complexity index is 1530. The molecule has 3 aromatic rings. The minimum atomic E-state index is -4.95. The molecule has 226 valence electrons. The van der Waals surface area contributed by atoms with Crippen LogP contribution in [0.4, 0.5) is 18.3 Å². The Labute approximate surface area is 248 Å². The van der Waals surface area contributed by atoms with Crippen LogP contribution in [0.2, 0.25) is 5.15 Å². The molecule has 1 saturated heterocycles. The maximum atomic E-state index is 13.6. The predicted octanol–water partition coefficient (Wildman–Crippen LogP) is 4.54. The lowest BCUT2D eigenvalue weighted by Gasteiger charge is -2.39. The molecular formula is C26H26ClF3N4O6S2. The van der Waals surface area contributed by atoms with Crippen LogP contribution >= 0.6 is 22.9 Å². The maximum Gasteiger partial charge on any atom is 0.573 e. The summed E-state index contributed by atoms with van der Waals surface area (Å²) in [5.74, 6) is -2.50. The summed E-state index contributed by atoms with van der Waals surface area (Å²) in [6.07, 6.45) is -3.06. The van der Waals surface area contributed by atoms with Crippen LogP contribution in [0.15, 0.2) is 53.4 Å². The summed E-state index contributed by atoms with van der Waals surface area (Å²) in [5, 5.41) is 12.1. The van der Waals surface area contributed by atoms with E-state index in [2.05, 4.69) is 22.0 Å². The van der Waals surface area contributed by atoms with E-state index in [-0.39, 0.29) is 46.2 Å². The van der Waals surface area contributed by atoms with Crippen molar-refractivity contribution in [2.24, 2.45) is 0 Å². The first-order chi connectivity index (χ1) is 19.8. The van der Waals surface area contributed by atoms with Crippen LogP contribution in [-0.2, 0) is 27.8 Å². The lowest BCUT2D eigenvalue weighted by Crippen LogP contribution is -2.60. The Morgan fingerprint density at radius 2 is 1.76 bits per heavy atom. The molecule has 42 heavy (non-hydrogen) atoms. The lowest BCUT2D eigenvalue weighted by molar-refractivity contribution is -0.274. The molecule has 1 aromatic heterocycles. The van der Waals surface area contributed by atoms with Gasteiger partial charge in [0, 0.05) is 26.2 Å². The maximum absolute atomic E-state index is 13.6. The third-order valence-corrected chi connectivity index (χ3v) is 9.78. The number of benzene rings is 2. The van der Waals surface area contributed by atoms with E-state index in [0.717, 1.165) is 63.9 Å². The zero-order valence-corrected chi connectivity index (χ0v) is 24.5. The summed E-state index contributed by atoms with van der Waals surface area (Å²) in [4.78, 5) is 30.0. The number of halogens is 4. The fourth-order valence-corrected chi connectivity index (χ4v) is 7.10. The third kappa shape index (κ3) is 7.51. The van der Waals surface area contributed by atoms with E-state index in [1.54, 1.807) is 4.90 Å². The molecule has 0 bridgehead atoms. The molecule has 0 spiro atoms. The second kappa shape index (κ2) is 12.9. The van der Waals surface area contributed by atoms with Gasteiger partial charge in [0.1, 0.15) is 11.8 Å². The number of nitrogens with one attached hydrogen (secondary N) is 1. The normalized spacial score (nSPS) is 16.3. The monoisotopic (exact) mass is 646 g/mol. The van der Waals surface area contributed by atoms with Gasteiger partial charge in [-0.3, -0.25) is 4.79 Å². The molecule has 4 rings (SSSR count). The van der Waals surface area contributed by atoms with Crippen molar-refractivity contribution in [3.8, 4) is 5.75 Å². The summed E-state index contributed by atoms with van der Waals surface area (Å²) in [5.41, 5.74) is 1.94. The highest BCUT2D eigenvalue weighted by Crippen LogP contribution is 2.33. The number of carbonyl (C=O) groups is 2. The fraction of sp³-hybridized carbons (Fsp3) is 0.346. The fourth-order valence-electron chi connectivity index (χ4n) is 4.37. The van der Waals surface area contributed by atoms with Crippen molar-refractivity contribution in [2.45, 2.75) is 43.6 Å². The number of ether oxygens (including phenoxy) is 1. The number of thiazole rings is 1. The van der Waals surface area contributed by atoms with Gasteiger partial charge in [-0.25, -0.2) is 18.2 Å². The second-order valence-corrected chi connectivity index (χ2v) is 12.5. The van der Waals surface area contributed by atoms with E-state index in [9.17, 15) is 36.3 Å². The zero-order chi connectivity index (χ0) is 30.7. The van der Waals surface area contributed by atoms with Gasteiger partial charge < -0.3 is 20.1 Å². The van der Waals surface area contributed by atoms with Crippen LogP contribution in [0.1, 0.15) is 34.1 Å². The van der Waals surface area contributed by atoms with E-state index in [1.165, 1.54) is 0 Å². The molecule has 1 fully saturated rings. The van der Waals surface area contributed by atoms with Gasteiger partial charge in [-0.15, -0.1) is 13.2 Å². The Balaban J connectivity index is 1.59. The van der Waals surface area contributed by atoms with Gasteiger partial charge in [-0.1, -0.05) is 60.5 Å². The van der Waals surface area contributed by atoms with Gasteiger partial charge >= 0.3 is 12.3 Å². The smallest absolute Gasteiger partial charge is 0.477 e. The lowest BCUT2D eigenvalue weighted by atomic mass is 10.1. The minimum absolute atomic E-state index is 0.0417. The number of anilines is 1. The number of rotatable bonds is 10. The molecule has 16 heteroatoms. The highest BCUT2D eigenvalue weighted by molar-refractivity contribution is 7.89. The van der Waals surface area contributed by atoms with Gasteiger partial charge in [0.2, 0.25) is 15.9 Å². The zero-order valence-electron chi connectivity index (χ0n) is 22.1. The Kier molecular flexibility index (Phi) is 9.65. The number of aromatic nitrogens is 1. The van der Waals surface area contributed by atoms with Crippen LogP contribution in [0.5, 0.6) is 5.75 Å². The van der Waals surface area contributed by atoms with Crippen LogP contribution in [0.3, 0.4) is 0 Å². The number of piperazine rings is 1. The molecule has 1 atom stereocenters. The van der Waals surface area contributed by atoms with Gasteiger partial charge in [0.15, 0.2) is 15.2 Å². The summed E-state index contributed by atoms with van der Waals surface area (Å²) in [6, 6.07) is 10.0. The van der Waals surface area contributed by atoms with E-state index in [0.29, 0.717) is 0 Å². The van der Waals surface area contributed by atoms with E-state index < -0.39 is 40.1 Å². The average molecular weight is 647 g/mol. The summed E-state index contributed by atoms with van der Waals surface area (Å²) in [7, 11) is -4.36. The number of hydrogen-bond acceptors (Lipinski definition) is 8. The molecule has 1 amide bonds. The second-order valence-electron chi connectivity index (χ2n) is 9.30. The number of alkyl halides is 3. The molecular weight excluding hydrogens is 621 g/mol. The highest BCUT2D eigenvalue weighted by Gasteiger charge is 2.41. The predicted molar refractivity (Wildman–Crippen MR) is 149 cm³/mol. The summed E-state index contributed by atoms with van der Waals surface area (Å²) < 4.78 is 69.7. The van der Waals surface area contributed by atoms with Crippen molar-refractivity contribution < 1.29 is 41.0 Å². The highest BCUT2D eigenvalue weighted by atomic mass is 35.5.